The van der Waals surface area contributed by atoms with Gasteiger partial charge in [0.25, 0.3) is 0 Å². The molecular formula is C13H13NO5S2. The van der Waals surface area contributed by atoms with Crippen LogP contribution in [0, 0.1) is 0 Å². The Morgan fingerprint density at radius 1 is 1.33 bits per heavy atom. The number of carboxylic acid groups (broad SMARTS) is 1. The van der Waals surface area contributed by atoms with Gasteiger partial charge in [-0.2, -0.15) is 0 Å². The predicted octanol–water partition coefficient (Wildman–Crippen LogP) is 2.19. The summed E-state index contributed by atoms with van der Waals surface area (Å²) in [5.74, 6) is -1.87. The van der Waals surface area contributed by atoms with Gasteiger partial charge >= 0.3 is 5.97 Å². The van der Waals surface area contributed by atoms with Crippen molar-refractivity contribution in [3.05, 3.63) is 46.2 Å². The van der Waals surface area contributed by atoms with Crippen LogP contribution in [0.2, 0.25) is 0 Å². The molecule has 0 saturated heterocycles. The van der Waals surface area contributed by atoms with Crippen LogP contribution in [0.25, 0.3) is 0 Å². The number of nitrogens with one attached hydrogen (secondary N) is 1. The second-order valence-corrected chi connectivity index (χ2v) is 7.04. The normalized spacial score (nSPS) is 13.0. The minimum absolute atomic E-state index is 0.207. The van der Waals surface area contributed by atoms with Gasteiger partial charge in [-0.1, -0.05) is 6.07 Å². The Morgan fingerprint density at radius 3 is 2.62 bits per heavy atom. The maximum atomic E-state index is 12.2. The molecule has 0 aliphatic carbocycles. The van der Waals surface area contributed by atoms with Crippen LogP contribution in [-0.2, 0) is 10.0 Å². The third-order valence-corrected chi connectivity index (χ3v) is 5.40. The summed E-state index contributed by atoms with van der Waals surface area (Å²) in [5, 5.41) is 20.2. The van der Waals surface area contributed by atoms with Gasteiger partial charge < -0.3 is 10.2 Å². The van der Waals surface area contributed by atoms with Crippen LogP contribution >= 0.6 is 11.3 Å². The molecule has 6 nitrogen and oxygen atoms in total. The fourth-order valence-corrected chi connectivity index (χ4v) is 3.81. The molecule has 0 saturated carbocycles. The summed E-state index contributed by atoms with van der Waals surface area (Å²) in [6.07, 6.45) is 0. The van der Waals surface area contributed by atoms with E-state index in [2.05, 4.69) is 4.72 Å². The summed E-state index contributed by atoms with van der Waals surface area (Å²) < 4.78 is 27.0. The number of hydrogen-bond acceptors (Lipinski definition) is 5. The number of phenols is 1. The number of sulfonamides is 1. The van der Waals surface area contributed by atoms with E-state index in [0.29, 0.717) is 0 Å². The van der Waals surface area contributed by atoms with Crippen LogP contribution in [0.3, 0.4) is 0 Å². The zero-order valence-corrected chi connectivity index (χ0v) is 12.6. The molecule has 2 aromatic rings. The van der Waals surface area contributed by atoms with Gasteiger partial charge in [-0.3, -0.25) is 0 Å². The number of hydrogen-bond donors (Lipinski definition) is 3. The van der Waals surface area contributed by atoms with E-state index in [1.165, 1.54) is 11.3 Å². The number of carbonyl (C=O) groups is 1. The molecule has 21 heavy (non-hydrogen) atoms. The molecule has 0 fully saturated rings. The van der Waals surface area contributed by atoms with Crippen LogP contribution in [0.5, 0.6) is 5.75 Å². The van der Waals surface area contributed by atoms with Crippen molar-refractivity contribution in [1.29, 1.82) is 0 Å². The second-order valence-electron chi connectivity index (χ2n) is 4.34. The number of carboxylic acids is 1. The van der Waals surface area contributed by atoms with Crippen molar-refractivity contribution in [2.45, 2.75) is 17.9 Å². The summed E-state index contributed by atoms with van der Waals surface area (Å²) in [4.78, 5) is 11.6. The fraction of sp³-hybridized carbons (Fsp3) is 0.154. The van der Waals surface area contributed by atoms with Gasteiger partial charge in [-0.05, 0) is 36.6 Å². The standard InChI is InChI=1S/C13H13NO5S2/c1-8(12-3-2-6-20-12)14-21(18,19)9-4-5-11(15)10(7-9)13(16)17/h2-8,14-15H,1H3,(H,16,17)/t8-/m1/s1. The highest BCUT2D eigenvalue weighted by atomic mass is 32.2. The lowest BCUT2D eigenvalue weighted by atomic mass is 10.2. The molecule has 3 N–H and O–H groups in total. The molecular weight excluding hydrogens is 314 g/mol. The van der Waals surface area contributed by atoms with Crippen LogP contribution in [0.15, 0.2) is 40.6 Å². The molecule has 0 amide bonds. The molecule has 8 heteroatoms. The number of rotatable bonds is 5. The molecule has 1 aromatic heterocycles. The van der Waals surface area contributed by atoms with Gasteiger partial charge in [-0.15, -0.1) is 11.3 Å². The lowest BCUT2D eigenvalue weighted by Crippen LogP contribution is -2.26. The third-order valence-electron chi connectivity index (χ3n) is 2.81. The first kappa shape index (κ1) is 15.5. The molecule has 0 spiro atoms. The second kappa shape index (κ2) is 5.84. The molecule has 2 rings (SSSR count). The topological polar surface area (TPSA) is 104 Å². The maximum Gasteiger partial charge on any atom is 0.339 e. The van der Waals surface area contributed by atoms with Gasteiger partial charge in [0.2, 0.25) is 10.0 Å². The van der Waals surface area contributed by atoms with Gasteiger partial charge in [0.05, 0.1) is 10.9 Å². The van der Waals surface area contributed by atoms with Crippen molar-refractivity contribution in [2.75, 3.05) is 0 Å². The maximum absolute atomic E-state index is 12.2. The monoisotopic (exact) mass is 327 g/mol. The Kier molecular flexibility index (Phi) is 4.31. The molecule has 1 heterocycles. The van der Waals surface area contributed by atoms with Crippen molar-refractivity contribution < 1.29 is 23.4 Å². The molecule has 1 atom stereocenters. The van der Waals surface area contributed by atoms with Crippen LogP contribution in [0.1, 0.15) is 28.2 Å². The smallest absolute Gasteiger partial charge is 0.339 e. The highest BCUT2D eigenvalue weighted by molar-refractivity contribution is 7.89. The average molecular weight is 327 g/mol. The van der Waals surface area contributed by atoms with E-state index >= 15 is 0 Å². The Bertz CT molecular complexity index is 753. The van der Waals surface area contributed by atoms with E-state index in [4.69, 9.17) is 5.11 Å². The first-order valence-electron chi connectivity index (χ1n) is 5.93. The highest BCUT2D eigenvalue weighted by Crippen LogP contribution is 2.24. The Hall–Kier alpha value is -1.90. The van der Waals surface area contributed by atoms with E-state index in [0.717, 1.165) is 23.1 Å². The summed E-state index contributed by atoms with van der Waals surface area (Å²) in [6.45, 7) is 1.70. The summed E-state index contributed by atoms with van der Waals surface area (Å²) in [6, 6.07) is 6.32. The zero-order valence-electron chi connectivity index (χ0n) is 11.0. The minimum atomic E-state index is -3.88. The minimum Gasteiger partial charge on any atom is -0.507 e. The number of thiophene rings is 1. The van der Waals surface area contributed by atoms with Crippen molar-refractivity contribution in [3.63, 3.8) is 0 Å². The number of aromatic hydroxyl groups is 1. The van der Waals surface area contributed by atoms with Crippen molar-refractivity contribution in [2.24, 2.45) is 0 Å². The summed E-state index contributed by atoms with van der Waals surface area (Å²) >= 11 is 1.42. The fourth-order valence-electron chi connectivity index (χ4n) is 1.75. The quantitative estimate of drug-likeness (QED) is 0.781. The van der Waals surface area contributed by atoms with E-state index in [1.54, 1.807) is 13.0 Å². The van der Waals surface area contributed by atoms with Crippen molar-refractivity contribution in [1.82, 2.24) is 4.72 Å². The summed E-state index contributed by atoms with van der Waals surface area (Å²) in [7, 11) is -3.88. The van der Waals surface area contributed by atoms with Crippen molar-refractivity contribution in [3.8, 4) is 5.75 Å². The van der Waals surface area contributed by atoms with E-state index in [1.807, 2.05) is 11.4 Å². The highest BCUT2D eigenvalue weighted by Gasteiger charge is 2.21. The van der Waals surface area contributed by atoms with Gasteiger partial charge in [0, 0.05) is 4.88 Å². The molecule has 0 aliphatic rings. The lowest BCUT2D eigenvalue weighted by Gasteiger charge is -2.13. The number of aromatic carboxylic acids is 1. The first-order valence-corrected chi connectivity index (χ1v) is 8.29. The van der Waals surface area contributed by atoms with Gasteiger partial charge in [0.15, 0.2) is 0 Å². The molecule has 112 valence electrons. The van der Waals surface area contributed by atoms with E-state index in [9.17, 15) is 18.3 Å². The van der Waals surface area contributed by atoms with Gasteiger partial charge in [0.1, 0.15) is 11.3 Å². The van der Waals surface area contributed by atoms with Crippen molar-refractivity contribution >= 4 is 27.3 Å². The number of benzene rings is 1. The van der Waals surface area contributed by atoms with Crippen LogP contribution in [-0.4, -0.2) is 24.6 Å². The molecule has 0 unspecified atom stereocenters. The Labute approximate surface area is 125 Å². The van der Waals surface area contributed by atoms with E-state index < -0.39 is 33.3 Å². The van der Waals surface area contributed by atoms with E-state index in [-0.39, 0.29) is 4.90 Å². The average Bonchev–Trinajstić information content (AvgIpc) is 2.92. The SMILES string of the molecule is C[C@@H](NS(=O)(=O)c1ccc(O)c(C(=O)O)c1)c1cccs1. The summed E-state index contributed by atoms with van der Waals surface area (Å²) in [5.41, 5.74) is -0.457. The molecule has 0 bridgehead atoms. The largest absolute Gasteiger partial charge is 0.507 e. The Balaban J connectivity index is 2.32. The van der Waals surface area contributed by atoms with Gasteiger partial charge in [-0.25, -0.2) is 17.9 Å². The first-order chi connectivity index (χ1) is 9.81. The van der Waals surface area contributed by atoms with Crippen LogP contribution in [0.4, 0.5) is 0 Å². The third kappa shape index (κ3) is 3.41. The molecule has 0 radical (unpaired) electrons. The zero-order chi connectivity index (χ0) is 15.6. The van der Waals surface area contributed by atoms with Crippen LogP contribution < -0.4 is 4.72 Å². The Morgan fingerprint density at radius 2 is 2.05 bits per heavy atom. The molecule has 1 aromatic carbocycles. The predicted molar refractivity (Wildman–Crippen MR) is 78.1 cm³/mol. The lowest BCUT2D eigenvalue weighted by molar-refractivity contribution is 0.0693. The molecule has 0 aliphatic heterocycles.